The number of allylic oxidation sites excluding steroid dienone is 2. The van der Waals surface area contributed by atoms with Crippen molar-refractivity contribution in [1.82, 2.24) is 0 Å². The molecule has 1 N–H and O–H groups in total. The van der Waals surface area contributed by atoms with Gasteiger partial charge in [0.15, 0.2) is 12.2 Å². The summed E-state index contributed by atoms with van der Waals surface area (Å²) in [6.45, 7) is 11.2. The first-order chi connectivity index (χ1) is 18.4. The fourth-order valence-corrected chi connectivity index (χ4v) is 8.20. The number of esters is 3. The Bertz CT molecular complexity index is 1120. The molecule has 3 saturated heterocycles. The van der Waals surface area contributed by atoms with Crippen LogP contribution in [0, 0.1) is 16.7 Å². The molecular weight excluding hydrogens is 504 g/mol. The van der Waals surface area contributed by atoms with Crippen LogP contribution in [0.15, 0.2) is 23.3 Å². The van der Waals surface area contributed by atoms with Gasteiger partial charge in [0, 0.05) is 16.6 Å². The molecule has 2 spiro atoms. The Labute approximate surface area is 230 Å². The van der Waals surface area contributed by atoms with Crippen LogP contribution in [0.3, 0.4) is 0 Å². The van der Waals surface area contributed by atoms with Crippen LogP contribution in [0.2, 0.25) is 0 Å². The number of aliphatic hydroxyl groups excluding tert-OH is 1. The van der Waals surface area contributed by atoms with Gasteiger partial charge >= 0.3 is 17.9 Å². The van der Waals surface area contributed by atoms with Crippen molar-refractivity contribution in [3.05, 3.63) is 23.3 Å². The van der Waals surface area contributed by atoms with Gasteiger partial charge in [0.05, 0.1) is 25.0 Å². The number of carbonyl (C=O) groups excluding carboxylic acids is 3. The second-order valence-corrected chi connectivity index (χ2v) is 12.7. The minimum absolute atomic E-state index is 0.109. The lowest BCUT2D eigenvalue weighted by Gasteiger charge is -2.70. The van der Waals surface area contributed by atoms with E-state index in [1.165, 1.54) is 0 Å². The minimum atomic E-state index is -1.16. The van der Waals surface area contributed by atoms with Gasteiger partial charge < -0.3 is 28.8 Å². The molecule has 5 fully saturated rings. The quantitative estimate of drug-likeness (QED) is 0.239. The summed E-state index contributed by atoms with van der Waals surface area (Å²) in [6, 6.07) is 0. The van der Waals surface area contributed by atoms with Gasteiger partial charge in [-0.3, -0.25) is 4.79 Å². The van der Waals surface area contributed by atoms with Crippen molar-refractivity contribution >= 4 is 17.9 Å². The van der Waals surface area contributed by atoms with Crippen LogP contribution in [-0.4, -0.2) is 71.8 Å². The number of aliphatic hydroxyl groups is 1. The summed E-state index contributed by atoms with van der Waals surface area (Å²) in [6.07, 6.45) is 4.96. The number of fused-ring (bicyclic) bond motifs is 4. The Kier molecular flexibility index (Phi) is 6.83. The summed E-state index contributed by atoms with van der Waals surface area (Å²) in [7, 11) is 0. The summed E-state index contributed by atoms with van der Waals surface area (Å²) in [5.41, 5.74) is -3.50. The Balaban J connectivity index is 1.72. The number of ether oxygens (including phenoxy) is 5. The number of cyclic esters (lactones) is 1. The maximum atomic E-state index is 13.4. The summed E-state index contributed by atoms with van der Waals surface area (Å²) >= 11 is 0. The maximum absolute atomic E-state index is 13.4. The number of hydrogen-bond donors (Lipinski definition) is 1. The van der Waals surface area contributed by atoms with Crippen molar-refractivity contribution in [3.8, 4) is 0 Å². The fraction of sp³-hybridized carbons (Fsp3) is 0.767. The molecule has 216 valence electrons. The summed E-state index contributed by atoms with van der Waals surface area (Å²) < 4.78 is 31.1. The molecule has 3 aliphatic heterocycles. The molecule has 9 nitrogen and oxygen atoms in total. The highest BCUT2D eigenvalue weighted by atomic mass is 16.6. The molecule has 0 aromatic rings. The molecule has 5 aliphatic rings. The van der Waals surface area contributed by atoms with Gasteiger partial charge in [0.25, 0.3) is 0 Å². The summed E-state index contributed by atoms with van der Waals surface area (Å²) in [5.74, 6) is -1.58. The predicted octanol–water partition coefficient (Wildman–Crippen LogP) is 3.56. The van der Waals surface area contributed by atoms with Crippen molar-refractivity contribution in [3.63, 3.8) is 0 Å². The van der Waals surface area contributed by atoms with Crippen molar-refractivity contribution < 1.29 is 43.2 Å². The van der Waals surface area contributed by atoms with Gasteiger partial charge in [-0.25, -0.2) is 9.59 Å². The summed E-state index contributed by atoms with van der Waals surface area (Å²) in [5, 5.41) is 11.3. The molecular formula is C30H42O9. The lowest BCUT2D eigenvalue weighted by molar-refractivity contribution is -0.360. The van der Waals surface area contributed by atoms with E-state index in [4.69, 9.17) is 23.7 Å². The molecule has 5 rings (SSSR count). The molecule has 0 aromatic heterocycles. The van der Waals surface area contributed by atoms with E-state index in [1.54, 1.807) is 39.8 Å². The number of rotatable bonds is 5. The van der Waals surface area contributed by atoms with Gasteiger partial charge in [-0.15, -0.1) is 0 Å². The van der Waals surface area contributed by atoms with Crippen LogP contribution in [0.1, 0.15) is 80.1 Å². The Morgan fingerprint density at radius 1 is 1.00 bits per heavy atom. The highest BCUT2D eigenvalue weighted by molar-refractivity contribution is 5.89. The Morgan fingerprint density at radius 2 is 1.62 bits per heavy atom. The zero-order valence-corrected chi connectivity index (χ0v) is 24.0. The lowest BCUT2D eigenvalue weighted by Crippen LogP contribution is -2.80. The highest BCUT2D eigenvalue weighted by Crippen LogP contribution is 2.72. The number of epoxide rings is 1. The van der Waals surface area contributed by atoms with Crippen molar-refractivity contribution in [2.75, 3.05) is 19.8 Å². The van der Waals surface area contributed by atoms with Gasteiger partial charge in [0.1, 0.15) is 23.4 Å². The fourth-order valence-electron chi connectivity index (χ4n) is 8.20. The molecule has 2 saturated carbocycles. The molecule has 39 heavy (non-hydrogen) atoms. The molecule has 2 aliphatic carbocycles. The Morgan fingerprint density at radius 3 is 2.13 bits per heavy atom. The maximum Gasteiger partial charge on any atom is 0.333 e. The monoisotopic (exact) mass is 546 g/mol. The van der Waals surface area contributed by atoms with Gasteiger partial charge in [0.2, 0.25) is 0 Å². The van der Waals surface area contributed by atoms with Gasteiger partial charge in [-0.2, -0.15) is 0 Å². The van der Waals surface area contributed by atoms with Crippen LogP contribution >= 0.6 is 0 Å². The predicted molar refractivity (Wildman–Crippen MR) is 139 cm³/mol. The molecule has 3 heterocycles. The molecule has 0 unspecified atom stereocenters. The van der Waals surface area contributed by atoms with E-state index in [2.05, 4.69) is 6.92 Å². The third-order valence-corrected chi connectivity index (χ3v) is 11.0. The van der Waals surface area contributed by atoms with E-state index in [1.807, 2.05) is 6.92 Å². The first-order valence-electron chi connectivity index (χ1n) is 14.2. The highest BCUT2D eigenvalue weighted by Gasteiger charge is 2.82. The van der Waals surface area contributed by atoms with Crippen LogP contribution < -0.4 is 0 Å². The van der Waals surface area contributed by atoms with E-state index in [9.17, 15) is 19.5 Å². The smallest absolute Gasteiger partial charge is 0.333 e. The van der Waals surface area contributed by atoms with Gasteiger partial charge in [-0.05, 0) is 66.2 Å². The zero-order valence-electron chi connectivity index (χ0n) is 24.0. The molecule has 0 radical (unpaired) electrons. The molecule has 0 aromatic carbocycles. The molecule has 0 bridgehead atoms. The van der Waals surface area contributed by atoms with Crippen LogP contribution in [0.25, 0.3) is 0 Å². The minimum Gasteiger partial charge on any atom is -0.463 e. The van der Waals surface area contributed by atoms with Gasteiger partial charge in [-0.1, -0.05) is 25.5 Å². The van der Waals surface area contributed by atoms with E-state index in [0.29, 0.717) is 30.6 Å². The summed E-state index contributed by atoms with van der Waals surface area (Å²) in [4.78, 5) is 39.1. The third kappa shape index (κ3) is 3.86. The van der Waals surface area contributed by atoms with Crippen molar-refractivity contribution in [1.29, 1.82) is 0 Å². The Hall–Kier alpha value is -2.23. The molecule has 8 atom stereocenters. The third-order valence-electron chi connectivity index (χ3n) is 11.0. The number of carbonyl (C=O) groups is 3. The SMILES string of the molecule is C/C=C(\C)C(=O)O[C@H]1[C@H](OC(=O)/C(C)=C/C)[C@]2(C)O[C@@]3(CC[C@]2(C)[C@H]2CCC[C@]4(CO4)[C@]12CO)COC(=O)C3. The van der Waals surface area contributed by atoms with Crippen LogP contribution in [0.4, 0.5) is 0 Å². The largest absolute Gasteiger partial charge is 0.463 e. The average molecular weight is 547 g/mol. The van der Waals surface area contributed by atoms with E-state index >= 15 is 0 Å². The average Bonchev–Trinajstić information content (AvgIpc) is 3.61. The van der Waals surface area contributed by atoms with E-state index in [-0.39, 0.29) is 31.5 Å². The zero-order chi connectivity index (χ0) is 28.4. The second-order valence-electron chi connectivity index (χ2n) is 12.7. The number of hydrogen-bond acceptors (Lipinski definition) is 9. The molecule has 9 heteroatoms. The lowest BCUT2D eigenvalue weighted by atomic mass is 9.40. The van der Waals surface area contributed by atoms with Crippen LogP contribution in [0.5, 0.6) is 0 Å². The second kappa shape index (κ2) is 9.42. The first kappa shape index (κ1) is 28.3. The van der Waals surface area contributed by atoms with Crippen LogP contribution in [-0.2, 0) is 38.1 Å². The standard InChI is InChI=1S/C30H42O9/c1-7-18(3)24(33)37-22-23(38-25(34)19(4)8-2)30(15-31)20(10-9-11-29(30)17-36-29)26(5)12-13-28(39-27(22,26)6)14-21(32)35-16-28/h7-8,20,22-23,31H,9-17H2,1-6H3/b18-7+,19-8+/t20-,22+,23+,26-,27+,28-,29+,30+/m1/s1. The molecule has 0 amide bonds. The van der Waals surface area contributed by atoms with Crippen molar-refractivity contribution in [2.24, 2.45) is 16.7 Å². The van der Waals surface area contributed by atoms with Crippen molar-refractivity contribution in [2.45, 2.75) is 109 Å². The first-order valence-corrected chi connectivity index (χ1v) is 14.2. The van der Waals surface area contributed by atoms with E-state index in [0.717, 1.165) is 19.3 Å². The topological polar surface area (TPSA) is 121 Å². The normalized spacial score (nSPS) is 45.4. The van der Waals surface area contributed by atoms with E-state index < -0.39 is 51.8 Å².